The standard InChI is InChI=1S/C14H27N3O3S/c1-12(18)17(13-6-7-13)11-14-5-3-8-16(14)9-4-10-21(19,20)15-2/h13-15H,3-11H2,1-2H3. The second-order valence-electron chi connectivity index (χ2n) is 6.11. The molecule has 0 bridgehead atoms. The van der Waals surface area contributed by atoms with Crippen LogP contribution in [-0.2, 0) is 14.8 Å². The Morgan fingerprint density at radius 3 is 2.62 bits per heavy atom. The normalized spacial score (nSPS) is 23.4. The Morgan fingerprint density at radius 2 is 2.05 bits per heavy atom. The molecule has 21 heavy (non-hydrogen) atoms. The molecule has 2 rings (SSSR count). The topological polar surface area (TPSA) is 69.7 Å². The summed E-state index contributed by atoms with van der Waals surface area (Å²) >= 11 is 0. The van der Waals surface area contributed by atoms with Gasteiger partial charge in [-0.1, -0.05) is 0 Å². The van der Waals surface area contributed by atoms with Crippen LogP contribution in [0.5, 0.6) is 0 Å². The average molecular weight is 317 g/mol. The monoisotopic (exact) mass is 317 g/mol. The lowest BCUT2D eigenvalue weighted by atomic mass is 10.2. The fraction of sp³-hybridized carbons (Fsp3) is 0.929. The summed E-state index contributed by atoms with van der Waals surface area (Å²) in [6.45, 7) is 4.26. The molecule has 2 aliphatic rings. The predicted molar refractivity (Wildman–Crippen MR) is 82.5 cm³/mol. The minimum absolute atomic E-state index is 0.169. The Morgan fingerprint density at radius 1 is 1.33 bits per heavy atom. The van der Waals surface area contributed by atoms with Gasteiger partial charge in [0.1, 0.15) is 0 Å². The quantitative estimate of drug-likeness (QED) is 0.703. The summed E-state index contributed by atoms with van der Waals surface area (Å²) in [5.74, 6) is 0.341. The van der Waals surface area contributed by atoms with Crippen molar-refractivity contribution in [1.29, 1.82) is 0 Å². The van der Waals surface area contributed by atoms with Crippen LogP contribution < -0.4 is 4.72 Å². The van der Waals surface area contributed by atoms with Crippen LogP contribution in [0.25, 0.3) is 0 Å². The first-order valence-corrected chi connectivity index (χ1v) is 9.50. The van der Waals surface area contributed by atoms with Crippen molar-refractivity contribution in [3.8, 4) is 0 Å². The molecule has 0 aromatic heterocycles. The smallest absolute Gasteiger partial charge is 0.219 e. The molecule has 1 N–H and O–H groups in total. The number of hydrogen-bond acceptors (Lipinski definition) is 4. The van der Waals surface area contributed by atoms with E-state index in [1.807, 2.05) is 4.90 Å². The number of carbonyl (C=O) groups excluding carboxylic acids is 1. The first kappa shape index (κ1) is 16.7. The lowest BCUT2D eigenvalue weighted by Crippen LogP contribution is -2.44. The maximum Gasteiger partial charge on any atom is 0.219 e. The van der Waals surface area contributed by atoms with Crippen LogP contribution >= 0.6 is 0 Å². The summed E-state index contributed by atoms with van der Waals surface area (Å²) < 4.78 is 25.2. The fourth-order valence-electron chi connectivity index (χ4n) is 3.10. The van der Waals surface area contributed by atoms with Gasteiger partial charge in [0.2, 0.25) is 15.9 Å². The van der Waals surface area contributed by atoms with Gasteiger partial charge in [-0.3, -0.25) is 9.69 Å². The van der Waals surface area contributed by atoms with Gasteiger partial charge in [-0.2, -0.15) is 0 Å². The number of sulfonamides is 1. The van der Waals surface area contributed by atoms with Gasteiger partial charge in [-0.15, -0.1) is 0 Å². The van der Waals surface area contributed by atoms with E-state index in [0.717, 1.165) is 45.3 Å². The van der Waals surface area contributed by atoms with E-state index in [9.17, 15) is 13.2 Å². The molecule has 1 aliphatic carbocycles. The summed E-state index contributed by atoms with van der Waals surface area (Å²) in [6, 6.07) is 0.849. The molecule has 7 heteroatoms. The molecule has 6 nitrogen and oxygen atoms in total. The van der Waals surface area contributed by atoms with Gasteiger partial charge in [0.25, 0.3) is 0 Å². The van der Waals surface area contributed by atoms with Crippen LogP contribution in [0.2, 0.25) is 0 Å². The second kappa shape index (κ2) is 7.07. The molecule has 0 spiro atoms. The van der Waals surface area contributed by atoms with E-state index in [1.54, 1.807) is 6.92 Å². The number of rotatable bonds is 8. The van der Waals surface area contributed by atoms with Crippen molar-refractivity contribution in [3.05, 3.63) is 0 Å². The average Bonchev–Trinajstić information content (AvgIpc) is 3.17. The summed E-state index contributed by atoms with van der Waals surface area (Å²) in [5, 5.41) is 0. The molecular weight excluding hydrogens is 290 g/mol. The molecule has 0 aromatic rings. The van der Waals surface area contributed by atoms with Gasteiger partial charge < -0.3 is 4.90 Å². The van der Waals surface area contributed by atoms with E-state index < -0.39 is 10.0 Å². The van der Waals surface area contributed by atoms with Crippen LogP contribution in [0.4, 0.5) is 0 Å². The Labute approximate surface area is 127 Å². The highest BCUT2D eigenvalue weighted by Gasteiger charge is 2.34. The highest BCUT2D eigenvalue weighted by Crippen LogP contribution is 2.29. The summed E-state index contributed by atoms with van der Waals surface area (Å²) in [4.78, 5) is 16.1. The third kappa shape index (κ3) is 4.93. The van der Waals surface area contributed by atoms with Crippen molar-refractivity contribution in [2.24, 2.45) is 0 Å². The largest absolute Gasteiger partial charge is 0.338 e. The van der Waals surface area contributed by atoms with Gasteiger partial charge >= 0.3 is 0 Å². The second-order valence-corrected chi connectivity index (χ2v) is 8.16. The number of likely N-dealkylation sites (tertiary alicyclic amines) is 1. The Bertz CT molecular complexity index is 462. The zero-order valence-corrected chi connectivity index (χ0v) is 13.9. The molecule has 1 saturated heterocycles. The molecular formula is C14H27N3O3S. The van der Waals surface area contributed by atoms with Gasteiger partial charge in [0, 0.05) is 25.6 Å². The van der Waals surface area contributed by atoms with E-state index in [2.05, 4.69) is 9.62 Å². The Balaban J connectivity index is 1.81. The zero-order chi connectivity index (χ0) is 15.5. The fourth-order valence-corrected chi connectivity index (χ4v) is 3.82. The van der Waals surface area contributed by atoms with Crippen molar-refractivity contribution >= 4 is 15.9 Å². The molecule has 1 aliphatic heterocycles. The predicted octanol–water partition coefficient (Wildman–Crippen LogP) is 0.401. The summed E-state index contributed by atoms with van der Waals surface area (Å²) in [6.07, 6.45) is 5.15. The van der Waals surface area contributed by atoms with Crippen LogP contribution in [0.15, 0.2) is 0 Å². The van der Waals surface area contributed by atoms with E-state index >= 15 is 0 Å². The summed E-state index contributed by atoms with van der Waals surface area (Å²) in [5.41, 5.74) is 0. The van der Waals surface area contributed by atoms with Gasteiger partial charge in [0.15, 0.2) is 0 Å². The molecule has 1 amide bonds. The summed E-state index contributed by atoms with van der Waals surface area (Å²) in [7, 11) is -1.66. The first-order valence-electron chi connectivity index (χ1n) is 7.85. The highest BCUT2D eigenvalue weighted by molar-refractivity contribution is 7.89. The van der Waals surface area contributed by atoms with Gasteiger partial charge in [-0.25, -0.2) is 13.1 Å². The first-order chi connectivity index (χ1) is 9.93. The number of carbonyl (C=O) groups is 1. The van der Waals surface area contributed by atoms with Gasteiger partial charge in [-0.05, 0) is 52.2 Å². The SMILES string of the molecule is CNS(=O)(=O)CCCN1CCCC1CN(C(C)=O)C1CC1. The highest BCUT2D eigenvalue weighted by atomic mass is 32.2. The minimum atomic E-state index is -3.11. The number of amides is 1. The molecule has 0 aromatic carbocycles. The molecule has 0 radical (unpaired) electrons. The Hall–Kier alpha value is -0.660. The van der Waals surface area contributed by atoms with E-state index in [1.165, 1.54) is 7.05 Å². The lowest BCUT2D eigenvalue weighted by Gasteiger charge is -2.30. The van der Waals surface area contributed by atoms with Crippen molar-refractivity contribution in [3.63, 3.8) is 0 Å². The van der Waals surface area contributed by atoms with Crippen molar-refractivity contribution in [2.75, 3.05) is 32.4 Å². The van der Waals surface area contributed by atoms with E-state index in [4.69, 9.17) is 0 Å². The lowest BCUT2D eigenvalue weighted by molar-refractivity contribution is -0.130. The number of nitrogens with zero attached hydrogens (tertiary/aromatic N) is 2. The van der Waals surface area contributed by atoms with Crippen LogP contribution in [0.1, 0.15) is 39.0 Å². The number of hydrogen-bond donors (Lipinski definition) is 1. The molecule has 122 valence electrons. The molecule has 2 fully saturated rings. The maximum absolute atomic E-state index is 11.7. The van der Waals surface area contributed by atoms with Crippen LogP contribution in [0, 0.1) is 0 Å². The van der Waals surface area contributed by atoms with Gasteiger partial charge in [0.05, 0.1) is 5.75 Å². The molecule has 1 heterocycles. The van der Waals surface area contributed by atoms with Crippen molar-refractivity contribution < 1.29 is 13.2 Å². The Kier molecular flexibility index (Phi) is 5.62. The minimum Gasteiger partial charge on any atom is -0.338 e. The third-order valence-electron chi connectivity index (χ3n) is 4.47. The molecule has 1 atom stereocenters. The third-order valence-corrected chi connectivity index (χ3v) is 5.92. The van der Waals surface area contributed by atoms with Crippen LogP contribution in [-0.4, -0.2) is 68.6 Å². The van der Waals surface area contributed by atoms with E-state index in [0.29, 0.717) is 18.5 Å². The number of nitrogens with one attached hydrogen (secondary N) is 1. The van der Waals surface area contributed by atoms with Crippen molar-refractivity contribution in [1.82, 2.24) is 14.5 Å². The molecule has 1 unspecified atom stereocenters. The molecule has 1 saturated carbocycles. The van der Waals surface area contributed by atoms with Crippen LogP contribution in [0.3, 0.4) is 0 Å². The zero-order valence-electron chi connectivity index (χ0n) is 13.0. The van der Waals surface area contributed by atoms with Crippen molar-refractivity contribution in [2.45, 2.75) is 51.1 Å². The van der Waals surface area contributed by atoms with E-state index in [-0.39, 0.29) is 11.7 Å². The maximum atomic E-state index is 11.7.